The Kier molecular flexibility index (Phi) is 1.52. The van der Waals surface area contributed by atoms with Gasteiger partial charge in [-0.2, -0.15) is 0 Å². The third-order valence-electron chi connectivity index (χ3n) is 4.91. The maximum atomic E-state index is 12.0. The van der Waals surface area contributed by atoms with Gasteiger partial charge in [0.15, 0.2) is 0 Å². The zero-order valence-corrected chi connectivity index (χ0v) is 8.45. The number of hydrogen-bond donors (Lipinski definition) is 0. The maximum absolute atomic E-state index is 12.0. The second-order valence-corrected chi connectivity index (χ2v) is 5.54. The van der Waals surface area contributed by atoms with Crippen molar-refractivity contribution in [1.82, 2.24) is 0 Å². The van der Waals surface area contributed by atoms with E-state index >= 15 is 0 Å². The molecule has 14 heavy (non-hydrogen) atoms. The monoisotopic (exact) mass is 191 g/mol. The van der Waals surface area contributed by atoms with Crippen LogP contribution < -0.4 is 0 Å². The Morgan fingerprint density at radius 3 is 2.79 bits per heavy atom. The number of carbonyl (C=O) groups is 1. The first-order valence-electron chi connectivity index (χ1n) is 5.58. The van der Waals surface area contributed by atoms with Crippen molar-refractivity contribution in [2.75, 3.05) is 0 Å². The predicted octanol–water partition coefficient (Wildman–Crippen LogP) is 1.74. The van der Waals surface area contributed by atoms with Gasteiger partial charge in [0.1, 0.15) is 5.78 Å². The van der Waals surface area contributed by atoms with Crippen LogP contribution in [0.4, 0.5) is 0 Å². The molecule has 0 amide bonds. The average molecular weight is 191 g/mol. The molecule has 0 aromatic heterocycles. The molecular formula is C12H15O2. The van der Waals surface area contributed by atoms with Crippen molar-refractivity contribution in [2.24, 2.45) is 29.1 Å². The summed E-state index contributed by atoms with van der Waals surface area (Å²) in [5, 5.41) is 0. The van der Waals surface area contributed by atoms with E-state index in [1.165, 1.54) is 0 Å². The van der Waals surface area contributed by atoms with E-state index in [2.05, 4.69) is 6.29 Å². The van der Waals surface area contributed by atoms with Crippen LogP contribution in [0.2, 0.25) is 0 Å². The largest absolute Gasteiger partial charge is 0.299 e. The molecule has 2 nitrogen and oxygen atoms in total. The van der Waals surface area contributed by atoms with Crippen molar-refractivity contribution < 1.29 is 9.59 Å². The lowest BCUT2D eigenvalue weighted by molar-refractivity contribution is -0.150. The number of Topliss-reactive ketones (excluding diaryl/α,β-unsaturated/α-hetero) is 1. The van der Waals surface area contributed by atoms with Crippen molar-refractivity contribution in [2.45, 2.75) is 32.6 Å². The van der Waals surface area contributed by atoms with E-state index < -0.39 is 5.41 Å². The first-order valence-corrected chi connectivity index (χ1v) is 5.58. The summed E-state index contributed by atoms with van der Waals surface area (Å²) >= 11 is 0. The summed E-state index contributed by atoms with van der Waals surface area (Å²) in [5.74, 6) is 1.83. The van der Waals surface area contributed by atoms with Crippen molar-refractivity contribution in [3.8, 4) is 0 Å². The molecule has 75 valence electrons. The fourth-order valence-corrected chi connectivity index (χ4v) is 4.06. The van der Waals surface area contributed by atoms with E-state index in [0.717, 1.165) is 31.6 Å². The Balaban J connectivity index is 2.05. The Bertz CT molecular complexity index is 309. The molecule has 0 saturated heterocycles. The van der Waals surface area contributed by atoms with Crippen LogP contribution in [0.5, 0.6) is 0 Å². The van der Waals surface area contributed by atoms with Crippen LogP contribution in [-0.4, -0.2) is 12.1 Å². The molecule has 0 heterocycles. The summed E-state index contributed by atoms with van der Waals surface area (Å²) < 4.78 is 0. The van der Waals surface area contributed by atoms with Gasteiger partial charge in [0.2, 0.25) is 6.29 Å². The quantitative estimate of drug-likeness (QED) is 0.632. The summed E-state index contributed by atoms with van der Waals surface area (Å²) in [6, 6.07) is 0. The number of ketones is 1. The molecule has 0 spiro atoms. The lowest BCUT2D eigenvalue weighted by Crippen LogP contribution is -2.57. The third-order valence-corrected chi connectivity index (χ3v) is 4.91. The summed E-state index contributed by atoms with van der Waals surface area (Å²) in [6.07, 6.45) is 6.35. The van der Waals surface area contributed by atoms with Gasteiger partial charge in [0, 0.05) is 17.3 Å². The van der Waals surface area contributed by atoms with Crippen LogP contribution >= 0.6 is 0 Å². The Labute approximate surface area is 84.1 Å². The molecule has 0 aliphatic heterocycles. The molecular weight excluding hydrogens is 176 g/mol. The Hall–Kier alpha value is -0.660. The van der Waals surface area contributed by atoms with Gasteiger partial charge in [-0.3, -0.25) is 9.59 Å². The van der Waals surface area contributed by atoms with Crippen molar-refractivity contribution in [3.63, 3.8) is 0 Å². The van der Waals surface area contributed by atoms with E-state index in [1.807, 2.05) is 6.92 Å². The lowest BCUT2D eigenvalue weighted by atomic mass is 9.46. The second-order valence-electron chi connectivity index (χ2n) is 5.54. The van der Waals surface area contributed by atoms with Crippen LogP contribution in [0.25, 0.3) is 0 Å². The SMILES string of the molecule is CC1([C]=O)C2CC3CC(C2)C(=O)C1C3. The summed E-state index contributed by atoms with van der Waals surface area (Å²) in [7, 11) is 0. The number of carbonyl (C=O) groups excluding carboxylic acids is 2. The topological polar surface area (TPSA) is 34.1 Å². The average Bonchev–Trinajstić information content (AvgIpc) is 2.20. The predicted molar refractivity (Wildman–Crippen MR) is 51.2 cm³/mol. The van der Waals surface area contributed by atoms with Crippen molar-refractivity contribution in [1.29, 1.82) is 0 Å². The Morgan fingerprint density at radius 1 is 1.29 bits per heavy atom. The van der Waals surface area contributed by atoms with Gasteiger partial charge in [0.25, 0.3) is 0 Å². The van der Waals surface area contributed by atoms with Crippen LogP contribution in [0.1, 0.15) is 32.6 Å². The molecule has 4 bridgehead atoms. The molecule has 0 aromatic carbocycles. The fourth-order valence-electron chi connectivity index (χ4n) is 4.06. The molecule has 4 saturated carbocycles. The summed E-state index contributed by atoms with van der Waals surface area (Å²) in [6.45, 7) is 1.95. The molecule has 1 radical (unpaired) electrons. The standard InChI is InChI=1S/C12H15O2/c1-12(6-13)9-3-7-2-8(5-9)11(14)10(12)4-7/h7-10H,2-5H2,1H3. The second kappa shape index (κ2) is 2.47. The first-order chi connectivity index (χ1) is 6.65. The van der Waals surface area contributed by atoms with E-state index in [-0.39, 0.29) is 5.92 Å². The van der Waals surface area contributed by atoms with E-state index in [1.54, 1.807) is 0 Å². The molecule has 0 aromatic rings. The number of hydrogen-bond acceptors (Lipinski definition) is 2. The third kappa shape index (κ3) is 0.825. The highest BCUT2D eigenvalue weighted by atomic mass is 16.1. The molecule has 2 heteroatoms. The zero-order chi connectivity index (χ0) is 9.92. The highest BCUT2D eigenvalue weighted by Gasteiger charge is 2.59. The highest BCUT2D eigenvalue weighted by molar-refractivity contribution is 5.90. The highest BCUT2D eigenvalue weighted by Crippen LogP contribution is 2.59. The minimum Gasteiger partial charge on any atom is -0.299 e. The summed E-state index contributed by atoms with van der Waals surface area (Å²) in [4.78, 5) is 23.1. The van der Waals surface area contributed by atoms with E-state index in [9.17, 15) is 9.59 Å². The van der Waals surface area contributed by atoms with Crippen LogP contribution in [0, 0.1) is 29.1 Å². The fraction of sp³-hybridized carbons (Fsp3) is 0.833. The van der Waals surface area contributed by atoms with Gasteiger partial charge < -0.3 is 0 Å². The Morgan fingerprint density at radius 2 is 2.07 bits per heavy atom. The minimum absolute atomic E-state index is 0.0104. The van der Waals surface area contributed by atoms with Gasteiger partial charge in [-0.15, -0.1) is 0 Å². The van der Waals surface area contributed by atoms with E-state index in [0.29, 0.717) is 17.6 Å². The van der Waals surface area contributed by atoms with Gasteiger partial charge >= 0.3 is 0 Å². The van der Waals surface area contributed by atoms with Crippen molar-refractivity contribution in [3.05, 3.63) is 0 Å². The van der Waals surface area contributed by atoms with Gasteiger partial charge in [0.05, 0.1) is 0 Å². The van der Waals surface area contributed by atoms with Gasteiger partial charge in [-0.05, 0) is 37.5 Å². The van der Waals surface area contributed by atoms with Crippen LogP contribution in [0.15, 0.2) is 0 Å². The molecule has 4 rings (SSSR count). The molecule has 4 fully saturated rings. The zero-order valence-electron chi connectivity index (χ0n) is 8.45. The molecule has 4 aliphatic carbocycles. The maximum Gasteiger partial charge on any atom is 0.205 e. The van der Waals surface area contributed by atoms with Gasteiger partial charge in [-0.25, -0.2) is 0 Å². The van der Waals surface area contributed by atoms with Gasteiger partial charge in [-0.1, -0.05) is 6.92 Å². The molecule has 0 N–H and O–H groups in total. The van der Waals surface area contributed by atoms with Crippen LogP contribution in [0.3, 0.4) is 0 Å². The molecule has 5 atom stereocenters. The summed E-state index contributed by atoms with van der Waals surface area (Å²) in [5.41, 5.74) is -0.440. The van der Waals surface area contributed by atoms with E-state index in [4.69, 9.17) is 0 Å². The van der Waals surface area contributed by atoms with Crippen molar-refractivity contribution >= 4 is 12.1 Å². The lowest BCUT2D eigenvalue weighted by Gasteiger charge is -2.56. The minimum atomic E-state index is -0.440. The molecule has 4 aliphatic rings. The molecule has 5 unspecified atom stereocenters. The normalized spacial score (nSPS) is 55.1. The van der Waals surface area contributed by atoms with Crippen LogP contribution in [-0.2, 0) is 9.59 Å². The smallest absolute Gasteiger partial charge is 0.205 e. The number of rotatable bonds is 1. The first kappa shape index (κ1) is 8.63.